The lowest BCUT2D eigenvalue weighted by Crippen LogP contribution is -2.12. The Labute approximate surface area is 164 Å². The van der Waals surface area contributed by atoms with Crippen LogP contribution in [0.4, 0.5) is 5.69 Å². The number of rotatable bonds is 4. The Morgan fingerprint density at radius 1 is 0.964 bits per heavy atom. The van der Waals surface area contributed by atoms with Gasteiger partial charge in [0, 0.05) is 22.3 Å². The minimum absolute atomic E-state index is 0.134. The summed E-state index contributed by atoms with van der Waals surface area (Å²) in [6, 6.07) is 19.4. The average molecular weight is 370 g/mol. The molecule has 2 aromatic heterocycles. The topological polar surface area (TPSA) is 59.8 Å². The maximum Gasteiger partial charge on any atom is 0.255 e. The van der Waals surface area contributed by atoms with Crippen molar-refractivity contribution in [3.8, 4) is 0 Å². The Morgan fingerprint density at radius 3 is 2.46 bits per heavy atom. The van der Waals surface area contributed by atoms with E-state index in [-0.39, 0.29) is 5.91 Å². The van der Waals surface area contributed by atoms with Gasteiger partial charge in [0.2, 0.25) is 0 Å². The quantitative estimate of drug-likeness (QED) is 0.568. The van der Waals surface area contributed by atoms with Crippen molar-refractivity contribution in [1.29, 1.82) is 0 Å². The highest BCUT2D eigenvalue weighted by molar-refractivity contribution is 6.08. The van der Waals surface area contributed by atoms with E-state index < -0.39 is 0 Å². The number of benzene rings is 2. The van der Waals surface area contributed by atoms with Gasteiger partial charge in [-0.15, -0.1) is 0 Å². The molecule has 0 aliphatic rings. The van der Waals surface area contributed by atoms with Crippen LogP contribution in [0.25, 0.3) is 10.9 Å². The number of amides is 1. The van der Waals surface area contributed by atoms with Crippen molar-refractivity contribution in [3.63, 3.8) is 0 Å². The summed E-state index contributed by atoms with van der Waals surface area (Å²) in [6.45, 7) is 6.68. The van der Waals surface area contributed by atoms with Crippen LogP contribution in [0.3, 0.4) is 0 Å². The molecule has 0 unspecified atom stereocenters. The van der Waals surface area contributed by atoms with Gasteiger partial charge in [-0.2, -0.15) is 5.10 Å². The second kappa shape index (κ2) is 7.27. The molecule has 0 saturated heterocycles. The predicted octanol–water partition coefficient (Wildman–Crippen LogP) is 4.66. The van der Waals surface area contributed by atoms with Gasteiger partial charge >= 0.3 is 0 Å². The second-order valence-electron chi connectivity index (χ2n) is 7.06. The third-order valence-electron chi connectivity index (χ3n) is 4.77. The molecule has 0 bridgehead atoms. The van der Waals surface area contributed by atoms with E-state index in [4.69, 9.17) is 0 Å². The number of carbonyl (C=O) groups is 1. The molecule has 5 nitrogen and oxygen atoms in total. The van der Waals surface area contributed by atoms with Gasteiger partial charge in [0.1, 0.15) is 0 Å². The molecule has 0 atom stereocenters. The van der Waals surface area contributed by atoms with Crippen LogP contribution in [-0.2, 0) is 6.54 Å². The molecule has 1 amide bonds. The molecule has 5 heteroatoms. The fourth-order valence-corrected chi connectivity index (χ4v) is 3.33. The van der Waals surface area contributed by atoms with Crippen molar-refractivity contribution in [1.82, 2.24) is 14.8 Å². The van der Waals surface area contributed by atoms with E-state index in [1.54, 1.807) is 0 Å². The molecule has 0 fully saturated rings. The number of nitrogens with zero attached hydrogens (tertiary/aromatic N) is 3. The SMILES string of the molecule is Cc1ccc2c(NC(=O)c3ccc(Cn4nc(C)cc4C)cc3)cccc2n1. The molecule has 4 aromatic rings. The van der Waals surface area contributed by atoms with Crippen LogP contribution < -0.4 is 5.32 Å². The van der Waals surface area contributed by atoms with Crippen LogP contribution in [0.5, 0.6) is 0 Å². The third kappa shape index (κ3) is 3.64. The zero-order valence-corrected chi connectivity index (χ0v) is 16.2. The molecule has 0 aliphatic carbocycles. The third-order valence-corrected chi connectivity index (χ3v) is 4.77. The molecular formula is C23H22N4O. The van der Waals surface area contributed by atoms with E-state index >= 15 is 0 Å². The lowest BCUT2D eigenvalue weighted by Gasteiger charge is -2.10. The molecule has 2 aromatic carbocycles. The first kappa shape index (κ1) is 17.9. The van der Waals surface area contributed by atoms with E-state index in [2.05, 4.69) is 21.5 Å². The number of nitrogens with one attached hydrogen (secondary N) is 1. The van der Waals surface area contributed by atoms with Crippen LogP contribution >= 0.6 is 0 Å². The highest BCUT2D eigenvalue weighted by Crippen LogP contribution is 2.23. The van der Waals surface area contributed by atoms with Crippen LogP contribution in [-0.4, -0.2) is 20.7 Å². The first-order valence-electron chi connectivity index (χ1n) is 9.27. The maximum absolute atomic E-state index is 12.7. The van der Waals surface area contributed by atoms with Crippen molar-refractivity contribution in [2.45, 2.75) is 27.3 Å². The number of anilines is 1. The summed E-state index contributed by atoms with van der Waals surface area (Å²) >= 11 is 0. The molecule has 0 saturated carbocycles. The molecular weight excluding hydrogens is 348 g/mol. The molecule has 2 heterocycles. The highest BCUT2D eigenvalue weighted by atomic mass is 16.1. The Balaban J connectivity index is 1.52. The maximum atomic E-state index is 12.7. The highest BCUT2D eigenvalue weighted by Gasteiger charge is 2.10. The monoisotopic (exact) mass is 370 g/mol. The van der Waals surface area contributed by atoms with Crippen LogP contribution in [0, 0.1) is 20.8 Å². The fourth-order valence-electron chi connectivity index (χ4n) is 3.33. The smallest absolute Gasteiger partial charge is 0.255 e. The number of aromatic nitrogens is 3. The van der Waals surface area contributed by atoms with Gasteiger partial charge in [-0.25, -0.2) is 0 Å². The second-order valence-corrected chi connectivity index (χ2v) is 7.06. The van der Waals surface area contributed by atoms with Gasteiger partial charge in [0.25, 0.3) is 5.91 Å². The van der Waals surface area contributed by atoms with Gasteiger partial charge in [-0.1, -0.05) is 18.2 Å². The zero-order chi connectivity index (χ0) is 19.7. The average Bonchev–Trinajstić information content (AvgIpc) is 2.99. The summed E-state index contributed by atoms with van der Waals surface area (Å²) in [4.78, 5) is 17.2. The predicted molar refractivity (Wildman–Crippen MR) is 112 cm³/mol. The normalized spacial score (nSPS) is 11.0. The van der Waals surface area contributed by atoms with Crippen LogP contribution in [0.1, 0.15) is 33.0 Å². The largest absolute Gasteiger partial charge is 0.321 e. The van der Waals surface area contributed by atoms with E-state index in [1.165, 1.54) is 0 Å². The summed E-state index contributed by atoms with van der Waals surface area (Å²) in [5.74, 6) is -0.134. The van der Waals surface area contributed by atoms with Crippen LogP contribution in [0.15, 0.2) is 60.7 Å². The van der Waals surface area contributed by atoms with Gasteiger partial charge in [0.05, 0.1) is 23.4 Å². The van der Waals surface area contributed by atoms with E-state index in [0.717, 1.165) is 39.2 Å². The molecule has 0 radical (unpaired) electrons. The molecule has 0 aliphatic heterocycles. The Bertz CT molecular complexity index is 1160. The Kier molecular flexibility index (Phi) is 4.65. The van der Waals surface area contributed by atoms with Crippen molar-refractivity contribution < 1.29 is 4.79 Å². The summed E-state index contributed by atoms with van der Waals surface area (Å²) in [5, 5.41) is 8.42. The fraction of sp³-hybridized carbons (Fsp3) is 0.174. The first-order chi connectivity index (χ1) is 13.5. The standard InChI is InChI=1S/C23H22N4O/c1-15-7-12-20-21(24-15)5-4-6-22(20)25-23(28)19-10-8-18(9-11-19)14-27-17(3)13-16(2)26-27/h4-13H,14H2,1-3H3,(H,25,28). The summed E-state index contributed by atoms with van der Waals surface area (Å²) in [7, 11) is 0. The van der Waals surface area contributed by atoms with Gasteiger partial charge < -0.3 is 5.32 Å². The van der Waals surface area contributed by atoms with E-state index in [0.29, 0.717) is 12.1 Å². The number of aryl methyl sites for hydroxylation is 3. The van der Waals surface area contributed by atoms with Crippen molar-refractivity contribution in [2.24, 2.45) is 0 Å². The molecule has 0 spiro atoms. The number of carbonyl (C=O) groups excluding carboxylic acids is 1. The molecule has 28 heavy (non-hydrogen) atoms. The van der Waals surface area contributed by atoms with Gasteiger partial charge in [0.15, 0.2) is 0 Å². The molecule has 1 N–H and O–H groups in total. The number of fused-ring (bicyclic) bond motifs is 1. The van der Waals surface area contributed by atoms with Crippen molar-refractivity contribution in [3.05, 3.63) is 88.9 Å². The molecule has 140 valence electrons. The van der Waals surface area contributed by atoms with E-state index in [1.807, 2.05) is 80.1 Å². The number of hydrogen-bond acceptors (Lipinski definition) is 3. The zero-order valence-electron chi connectivity index (χ0n) is 16.2. The van der Waals surface area contributed by atoms with Gasteiger partial charge in [-0.05, 0) is 68.8 Å². The summed E-state index contributed by atoms with van der Waals surface area (Å²) in [6.07, 6.45) is 0. The lowest BCUT2D eigenvalue weighted by molar-refractivity contribution is 0.102. The van der Waals surface area contributed by atoms with Gasteiger partial charge in [-0.3, -0.25) is 14.5 Å². The van der Waals surface area contributed by atoms with Crippen LogP contribution in [0.2, 0.25) is 0 Å². The minimum atomic E-state index is -0.134. The molecule has 4 rings (SSSR count). The van der Waals surface area contributed by atoms with E-state index in [9.17, 15) is 4.79 Å². The number of hydrogen-bond donors (Lipinski definition) is 1. The van der Waals surface area contributed by atoms with Crippen molar-refractivity contribution in [2.75, 3.05) is 5.32 Å². The Hall–Kier alpha value is -3.47. The first-order valence-corrected chi connectivity index (χ1v) is 9.27. The minimum Gasteiger partial charge on any atom is -0.321 e. The Morgan fingerprint density at radius 2 is 1.75 bits per heavy atom. The summed E-state index contributed by atoms with van der Waals surface area (Å²) < 4.78 is 1.97. The van der Waals surface area contributed by atoms with Crippen molar-refractivity contribution >= 4 is 22.5 Å². The lowest BCUT2D eigenvalue weighted by atomic mass is 10.1. The number of pyridine rings is 1. The summed E-state index contributed by atoms with van der Waals surface area (Å²) in [5.41, 5.74) is 6.45.